The van der Waals surface area contributed by atoms with E-state index in [1.165, 1.54) is 0 Å². The maximum atomic E-state index is 9.41. The second-order valence-corrected chi connectivity index (χ2v) is 0.971. The number of carboxylic acids is 2. The third kappa shape index (κ3) is 11.3. The number of carbonyl (C=O) groups excluding carboxylic acids is 2. The van der Waals surface area contributed by atoms with Gasteiger partial charge in [-0.15, -0.1) is 0 Å². The summed E-state index contributed by atoms with van der Waals surface area (Å²) in [6.45, 7) is 0. The van der Waals surface area contributed by atoms with Crippen molar-refractivity contribution in [3.63, 3.8) is 0 Å². The fraction of sp³-hybridized carbons (Fsp3) is 0. The van der Waals surface area contributed by atoms with Crippen LogP contribution in [0.1, 0.15) is 0 Å². The molecular formula is C4H2CdO4. The zero-order valence-electron chi connectivity index (χ0n) is 4.49. The van der Waals surface area contributed by atoms with Crippen LogP contribution in [-0.4, -0.2) is 11.9 Å². The zero-order valence-corrected chi connectivity index (χ0v) is 8.53. The molecule has 0 unspecified atom stereocenters. The van der Waals surface area contributed by atoms with Gasteiger partial charge < -0.3 is 19.8 Å². The molecule has 5 heteroatoms. The molecule has 0 heterocycles. The van der Waals surface area contributed by atoms with Gasteiger partial charge in [0.05, 0.1) is 11.9 Å². The van der Waals surface area contributed by atoms with E-state index >= 15 is 0 Å². The summed E-state index contributed by atoms with van der Waals surface area (Å²) in [6.07, 6.45) is 0.769. The molecular weight excluding hydrogens is 224 g/mol. The van der Waals surface area contributed by atoms with Gasteiger partial charge in [0.25, 0.3) is 0 Å². The maximum Gasteiger partial charge on any atom is 2.00 e. The van der Waals surface area contributed by atoms with E-state index in [1.54, 1.807) is 0 Å². The topological polar surface area (TPSA) is 80.3 Å². The van der Waals surface area contributed by atoms with Crippen LogP contribution in [0.3, 0.4) is 0 Å². The van der Waals surface area contributed by atoms with E-state index in [1.807, 2.05) is 0 Å². The molecule has 0 atom stereocenters. The molecule has 0 aromatic carbocycles. The van der Waals surface area contributed by atoms with Crippen LogP contribution in [0.5, 0.6) is 0 Å². The first kappa shape index (κ1) is 11.4. The Morgan fingerprint density at radius 1 is 1.00 bits per heavy atom. The average molecular weight is 226 g/mol. The summed E-state index contributed by atoms with van der Waals surface area (Å²) in [5.74, 6) is -3.09. The molecule has 0 aromatic heterocycles. The van der Waals surface area contributed by atoms with Crippen molar-refractivity contribution in [3.8, 4) is 0 Å². The number of hydrogen-bond acceptors (Lipinski definition) is 4. The fourth-order valence-corrected chi connectivity index (χ4v) is 0.136. The van der Waals surface area contributed by atoms with Crippen LogP contribution >= 0.6 is 0 Å². The average Bonchev–Trinajstić information content (AvgIpc) is 1.61. The summed E-state index contributed by atoms with van der Waals surface area (Å²) >= 11 is 0. The van der Waals surface area contributed by atoms with Crippen LogP contribution in [0.15, 0.2) is 12.2 Å². The Balaban J connectivity index is 0. The van der Waals surface area contributed by atoms with Gasteiger partial charge in [-0.2, -0.15) is 0 Å². The Labute approximate surface area is 71.3 Å². The number of carbonyl (C=O) groups is 2. The molecule has 0 N–H and O–H groups in total. The molecule has 0 saturated heterocycles. The third-order valence-corrected chi connectivity index (χ3v) is 0.355. The van der Waals surface area contributed by atoms with Gasteiger partial charge in [-0.05, 0) is 12.2 Å². The molecule has 0 radical (unpaired) electrons. The van der Waals surface area contributed by atoms with Crippen LogP contribution in [0, 0.1) is 0 Å². The Morgan fingerprint density at radius 2 is 1.22 bits per heavy atom. The first-order valence-electron chi connectivity index (χ1n) is 1.73. The molecule has 4 nitrogen and oxygen atoms in total. The van der Waals surface area contributed by atoms with Crippen molar-refractivity contribution in [2.75, 3.05) is 0 Å². The van der Waals surface area contributed by atoms with Crippen molar-refractivity contribution in [2.45, 2.75) is 0 Å². The van der Waals surface area contributed by atoms with Crippen molar-refractivity contribution in [1.29, 1.82) is 0 Å². The summed E-state index contributed by atoms with van der Waals surface area (Å²) in [5, 5.41) is 18.8. The van der Waals surface area contributed by atoms with Crippen LogP contribution in [0.2, 0.25) is 0 Å². The zero-order chi connectivity index (χ0) is 6.57. The minimum absolute atomic E-state index is 0. The monoisotopic (exact) mass is 228 g/mol. The molecule has 9 heavy (non-hydrogen) atoms. The summed E-state index contributed by atoms with van der Waals surface area (Å²) in [5.41, 5.74) is 0. The van der Waals surface area contributed by atoms with Gasteiger partial charge in [0.15, 0.2) is 0 Å². The molecule has 44 valence electrons. The number of carboxylic acid groups (broad SMARTS) is 2. The summed E-state index contributed by atoms with van der Waals surface area (Å²) in [7, 11) is 0. The van der Waals surface area contributed by atoms with Gasteiger partial charge in [0, 0.05) is 0 Å². The summed E-state index contributed by atoms with van der Waals surface area (Å²) < 4.78 is 0. The van der Waals surface area contributed by atoms with E-state index in [0.717, 1.165) is 0 Å². The quantitative estimate of drug-likeness (QED) is 0.372. The van der Waals surface area contributed by atoms with Gasteiger partial charge in [-0.25, -0.2) is 0 Å². The standard InChI is InChI=1S/C4H4O4.Cd/c5-3(6)1-2-4(7)8;/h1-2H,(H,5,6)(H,7,8);/q;+2/p-2. The van der Waals surface area contributed by atoms with E-state index in [9.17, 15) is 19.8 Å². The molecule has 0 aliphatic carbocycles. The van der Waals surface area contributed by atoms with Crippen LogP contribution in [0.4, 0.5) is 0 Å². The largest absolute Gasteiger partial charge is 2.00 e. The van der Waals surface area contributed by atoms with Crippen molar-refractivity contribution >= 4 is 11.9 Å². The first-order valence-corrected chi connectivity index (χ1v) is 1.73. The Kier molecular flexibility index (Phi) is 7.27. The number of aliphatic carboxylic acids is 2. The van der Waals surface area contributed by atoms with Crippen molar-refractivity contribution in [2.24, 2.45) is 0 Å². The molecule has 0 bridgehead atoms. The Bertz CT molecular complexity index is 124. The molecule has 0 aliphatic rings. The van der Waals surface area contributed by atoms with Crippen LogP contribution in [-0.2, 0) is 36.9 Å². The summed E-state index contributed by atoms with van der Waals surface area (Å²) in [6, 6.07) is 0. The van der Waals surface area contributed by atoms with Gasteiger partial charge in [-0.3, -0.25) is 0 Å². The van der Waals surface area contributed by atoms with E-state index in [0.29, 0.717) is 12.2 Å². The Morgan fingerprint density at radius 3 is 1.33 bits per heavy atom. The first-order chi connectivity index (χ1) is 3.63. The van der Waals surface area contributed by atoms with E-state index < -0.39 is 11.9 Å². The summed E-state index contributed by atoms with van der Waals surface area (Å²) in [4.78, 5) is 18.8. The van der Waals surface area contributed by atoms with E-state index in [4.69, 9.17) is 0 Å². The van der Waals surface area contributed by atoms with Crippen molar-refractivity contribution < 1.29 is 47.1 Å². The molecule has 0 amide bonds. The predicted molar refractivity (Wildman–Crippen MR) is 19.2 cm³/mol. The maximum absolute atomic E-state index is 9.41. The molecule has 0 spiro atoms. The third-order valence-electron chi connectivity index (χ3n) is 0.355. The van der Waals surface area contributed by atoms with Gasteiger partial charge in [0.1, 0.15) is 0 Å². The SMILES string of the molecule is O=C([O-])C=CC(=O)[O-].[Cd+2]. The van der Waals surface area contributed by atoms with Crippen LogP contribution in [0.25, 0.3) is 0 Å². The van der Waals surface area contributed by atoms with E-state index in [-0.39, 0.29) is 27.3 Å². The van der Waals surface area contributed by atoms with Crippen molar-refractivity contribution in [3.05, 3.63) is 12.2 Å². The van der Waals surface area contributed by atoms with Gasteiger partial charge in [-0.1, -0.05) is 0 Å². The molecule has 0 aromatic rings. The minimum atomic E-state index is -1.55. The van der Waals surface area contributed by atoms with Gasteiger partial charge >= 0.3 is 27.3 Å². The Hall–Kier alpha value is -0.398. The second kappa shape index (κ2) is 5.73. The number of hydrogen-bond donors (Lipinski definition) is 0. The number of rotatable bonds is 2. The van der Waals surface area contributed by atoms with Crippen molar-refractivity contribution in [1.82, 2.24) is 0 Å². The minimum Gasteiger partial charge on any atom is -0.545 e. The molecule has 0 rings (SSSR count). The molecule has 0 aliphatic heterocycles. The van der Waals surface area contributed by atoms with E-state index in [2.05, 4.69) is 0 Å². The predicted octanol–water partition coefficient (Wildman–Crippen LogP) is -2.96. The van der Waals surface area contributed by atoms with Crippen LogP contribution < -0.4 is 10.2 Å². The second-order valence-electron chi connectivity index (χ2n) is 0.971. The smallest absolute Gasteiger partial charge is 0.545 e. The molecule has 0 fully saturated rings. The fourth-order valence-electron chi connectivity index (χ4n) is 0.136. The molecule has 0 saturated carbocycles. The normalized spacial score (nSPS) is 8.44. The van der Waals surface area contributed by atoms with Gasteiger partial charge in [0.2, 0.25) is 0 Å².